The Morgan fingerprint density at radius 1 is 1.00 bits per heavy atom. The molecule has 3 aliphatic rings. The molecule has 1 unspecified atom stereocenters. The third kappa shape index (κ3) is 8.04. The molecule has 4 rings (SSSR count). The van der Waals surface area contributed by atoms with Crippen molar-refractivity contribution in [3.63, 3.8) is 0 Å². The molecule has 5 amide bonds. The van der Waals surface area contributed by atoms with Crippen molar-refractivity contribution in [3.8, 4) is 0 Å². The molecule has 2 fully saturated rings. The van der Waals surface area contributed by atoms with E-state index in [-0.39, 0.29) is 36.9 Å². The van der Waals surface area contributed by atoms with Gasteiger partial charge in [0.15, 0.2) is 0 Å². The Bertz CT molecular complexity index is 1590. The summed E-state index contributed by atoms with van der Waals surface area (Å²) < 4.78 is 27.8. The van der Waals surface area contributed by atoms with Crippen LogP contribution in [0.15, 0.2) is 16.3 Å². The van der Waals surface area contributed by atoms with Crippen molar-refractivity contribution in [3.05, 3.63) is 16.3 Å². The molecule has 1 saturated carbocycles. The molecular weight excluding hydrogens is 681 g/mol. The minimum absolute atomic E-state index is 0.0514. The fourth-order valence-corrected chi connectivity index (χ4v) is 10.2. The number of rotatable bonds is 13. The zero-order chi connectivity index (χ0) is 37.6. The summed E-state index contributed by atoms with van der Waals surface area (Å²) in [5, 5.41) is 12.9. The molecule has 15 heteroatoms. The van der Waals surface area contributed by atoms with Crippen LogP contribution in [0.3, 0.4) is 0 Å². The molecule has 1 saturated heterocycles. The maximum atomic E-state index is 14.4. The first-order valence-electron chi connectivity index (χ1n) is 17.6. The number of likely N-dealkylation sites (tertiary alicyclic amines) is 1. The quantitative estimate of drug-likeness (QED) is 0.225. The molecule has 6 atom stereocenters. The number of amides is 5. The number of piperidine rings is 1. The van der Waals surface area contributed by atoms with Crippen molar-refractivity contribution in [1.29, 1.82) is 0 Å². The molecule has 280 valence electrons. The van der Waals surface area contributed by atoms with Crippen LogP contribution in [-0.2, 0) is 35.7 Å². The van der Waals surface area contributed by atoms with Gasteiger partial charge in [0, 0.05) is 37.1 Å². The van der Waals surface area contributed by atoms with Crippen molar-refractivity contribution in [2.45, 2.75) is 124 Å². The van der Waals surface area contributed by atoms with Crippen LogP contribution in [-0.4, -0.2) is 91.0 Å². The highest BCUT2D eigenvalue weighted by molar-refractivity contribution is 7.89. The number of unbranched alkanes of at least 4 members (excludes halogenated alkanes) is 1. The Labute approximate surface area is 301 Å². The molecular formula is C35H56N6O7S2. The number of sulfonamides is 1. The van der Waals surface area contributed by atoms with Gasteiger partial charge in [0.05, 0.1) is 10.9 Å². The zero-order valence-electron chi connectivity index (χ0n) is 31.1. The first-order chi connectivity index (χ1) is 23.1. The number of hydrogen-bond acceptors (Lipinski definition) is 8. The Hall–Kier alpha value is -3.04. The lowest BCUT2D eigenvalue weighted by molar-refractivity contribution is -0.145. The molecule has 1 aromatic rings. The van der Waals surface area contributed by atoms with E-state index in [0.29, 0.717) is 24.3 Å². The molecule has 2 aliphatic heterocycles. The Balaban J connectivity index is 1.53. The topological polar surface area (TPSA) is 174 Å². The lowest BCUT2D eigenvalue weighted by Crippen LogP contribution is -2.62. The van der Waals surface area contributed by atoms with Gasteiger partial charge in [0.25, 0.3) is 5.91 Å². The van der Waals surface area contributed by atoms with E-state index in [4.69, 9.17) is 0 Å². The molecule has 13 nitrogen and oxygen atoms in total. The van der Waals surface area contributed by atoms with Gasteiger partial charge in [-0.1, -0.05) is 75.2 Å². The van der Waals surface area contributed by atoms with Gasteiger partial charge in [-0.25, -0.2) is 13.2 Å². The summed E-state index contributed by atoms with van der Waals surface area (Å²) in [4.78, 5) is 70.2. The lowest BCUT2D eigenvalue weighted by Gasteiger charge is -2.39. The summed E-state index contributed by atoms with van der Waals surface area (Å²) in [6, 6.07) is -2.55. The van der Waals surface area contributed by atoms with E-state index >= 15 is 0 Å². The van der Waals surface area contributed by atoms with Crippen molar-refractivity contribution in [2.75, 3.05) is 19.6 Å². The number of Topliss-reactive ketones (excluding diaryl/α,β-unsaturated/α-hetero) is 1. The van der Waals surface area contributed by atoms with Crippen LogP contribution >= 0.6 is 11.3 Å². The minimum atomic E-state index is -3.69. The number of fused-ring (bicyclic) bond motifs is 2. The summed E-state index contributed by atoms with van der Waals surface area (Å²) in [5.74, 6) is -2.47. The molecule has 1 aromatic heterocycles. The number of nitrogens with zero attached hydrogens (tertiary/aromatic N) is 2. The Morgan fingerprint density at radius 3 is 2.22 bits per heavy atom. The zero-order valence-corrected chi connectivity index (χ0v) is 32.8. The van der Waals surface area contributed by atoms with E-state index < -0.39 is 74.6 Å². The second-order valence-corrected chi connectivity index (χ2v) is 19.6. The molecule has 50 heavy (non-hydrogen) atoms. The summed E-state index contributed by atoms with van der Waals surface area (Å²) in [6.45, 7) is 19.9. The van der Waals surface area contributed by atoms with Gasteiger partial charge in [-0.2, -0.15) is 4.31 Å². The standard InChI is InChI=1S/C35H56N6O7S2/c1-11-13-14-21(27(42)30(44)36-12-2)37-29(43)26-25-20(35(25,9)10)17-41(26)31(45)28(34(6,7)8)39-32(46)38-24(33(3,4)5)19-40-18-22-23(15-16-49-22)50(40,47)48/h15-16,20-21,24-26,28H,11-14,17-19H2,1-10H3,(H,36,44)(H,37,43)(H2,38,39,46)/t20-,21?,24+,25-,26-,28+/m0/s1. The first-order valence-corrected chi connectivity index (χ1v) is 20.0. The molecule has 1 aliphatic carbocycles. The highest BCUT2D eigenvalue weighted by Gasteiger charge is 2.70. The largest absolute Gasteiger partial charge is 0.350 e. The summed E-state index contributed by atoms with van der Waals surface area (Å²) in [7, 11) is -3.69. The molecule has 4 N–H and O–H groups in total. The summed E-state index contributed by atoms with van der Waals surface area (Å²) >= 11 is 1.38. The van der Waals surface area contributed by atoms with E-state index in [2.05, 4.69) is 35.1 Å². The van der Waals surface area contributed by atoms with Crippen molar-refractivity contribution < 1.29 is 32.4 Å². The minimum Gasteiger partial charge on any atom is -0.350 e. The van der Waals surface area contributed by atoms with E-state index in [9.17, 15) is 32.4 Å². The highest BCUT2D eigenvalue weighted by atomic mass is 32.2. The number of carbonyl (C=O) groups excluding carboxylic acids is 5. The third-order valence-corrected chi connectivity index (χ3v) is 13.5. The average molecular weight is 737 g/mol. The first kappa shape index (κ1) is 39.7. The van der Waals surface area contributed by atoms with E-state index in [0.717, 1.165) is 11.3 Å². The normalized spacial score (nSPS) is 24.0. The Morgan fingerprint density at radius 2 is 1.66 bits per heavy atom. The van der Waals surface area contributed by atoms with Gasteiger partial charge in [-0.15, -0.1) is 11.3 Å². The number of likely N-dealkylation sites (N-methyl/N-ethyl adjacent to an activating group) is 1. The van der Waals surface area contributed by atoms with E-state index in [1.165, 1.54) is 20.5 Å². The maximum Gasteiger partial charge on any atom is 0.315 e. The molecule has 0 aromatic carbocycles. The Kier molecular flexibility index (Phi) is 11.5. The lowest BCUT2D eigenvalue weighted by atomic mass is 9.85. The van der Waals surface area contributed by atoms with E-state index in [1.54, 1.807) is 18.4 Å². The average Bonchev–Trinajstić information content (AvgIpc) is 3.46. The summed E-state index contributed by atoms with van der Waals surface area (Å²) in [5.41, 5.74) is -1.50. The predicted octanol–water partition coefficient (Wildman–Crippen LogP) is 3.24. The van der Waals surface area contributed by atoms with Gasteiger partial charge < -0.3 is 26.2 Å². The van der Waals surface area contributed by atoms with Crippen molar-refractivity contribution >= 4 is 50.9 Å². The summed E-state index contributed by atoms with van der Waals surface area (Å²) in [6.07, 6.45) is 1.69. The van der Waals surface area contributed by atoms with Crippen molar-refractivity contribution in [2.24, 2.45) is 28.1 Å². The number of urea groups is 1. The van der Waals surface area contributed by atoms with Crippen LogP contribution in [0, 0.1) is 28.1 Å². The van der Waals surface area contributed by atoms with Crippen LogP contribution in [0.2, 0.25) is 0 Å². The fraction of sp³-hybridized carbons (Fsp3) is 0.743. The maximum absolute atomic E-state index is 14.4. The van der Waals surface area contributed by atoms with Gasteiger partial charge in [-0.3, -0.25) is 19.2 Å². The number of nitrogens with one attached hydrogen (secondary N) is 4. The van der Waals surface area contributed by atoms with Crippen LogP contribution in [0.25, 0.3) is 0 Å². The molecule has 0 radical (unpaired) electrons. The van der Waals surface area contributed by atoms with Crippen LogP contribution in [0.5, 0.6) is 0 Å². The number of hydrogen-bond donors (Lipinski definition) is 4. The second kappa shape index (κ2) is 14.5. The number of thiophene rings is 1. The van der Waals surface area contributed by atoms with Crippen molar-refractivity contribution in [1.82, 2.24) is 30.5 Å². The second-order valence-electron chi connectivity index (χ2n) is 16.7. The highest BCUT2D eigenvalue weighted by Crippen LogP contribution is 2.65. The monoisotopic (exact) mass is 736 g/mol. The SMILES string of the molecule is CCCCC(NC(=O)[C@@H]1[C@@H]2[C@H](CN1C(=O)[C@@H](NC(=O)N[C@H](CN1Cc3sccc3S1(=O)=O)C(C)(C)C)C(C)(C)C)C2(C)C)C(=O)C(=O)NCC. The fourth-order valence-electron chi connectivity index (χ4n) is 7.26. The predicted molar refractivity (Wildman–Crippen MR) is 191 cm³/mol. The van der Waals surface area contributed by atoms with E-state index in [1.807, 2.05) is 48.5 Å². The number of ketones is 1. The van der Waals surface area contributed by atoms with Gasteiger partial charge in [-0.05, 0) is 52.9 Å². The third-order valence-electron chi connectivity index (χ3n) is 10.6. The number of carbonyl (C=O) groups is 5. The smallest absolute Gasteiger partial charge is 0.315 e. The van der Waals surface area contributed by atoms with Gasteiger partial charge in [0.1, 0.15) is 12.1 Å². The molecule has 0 bridgehead atoms. The molecule has 3 heterocycles. The van der Waals surface area contributed by atoms with Crippen LogP contribution in [0.4, 0.5) is 4.79 Å². The van der Waals surface area contributed by atoms with Crippen LogP contribution < -0.4 is 21.3 Å². The molecule has 0 spiro atoms. The van der Waals surface area contributed by atoms with Crippen LogP contribution in [0.1, 0.15) is 93.4 Å². The van der Waals surface area contributed by atoms with Gasteiger partial charge in [0.2, 0.25) is 27.6 Å². The van der Waals surface area contributed by atoms with Gasteiger partial charge >= 0.3 is 6.03 Å².